The van der Waals surface area contributed by atoms with Crippen molar-refractivity contribution in [2.45, 2.75) is 41.6 Å². The predicted octanol–water partition coefficient (Wildman–Crippen LogP) is 3.68. The summed E-state index contributed by atoms with van der Waals surface area (Å²) in [5, 5.41) is 13.6. The molecule has 4 rings (SSSR count). The molecule has 0 radical (unpaired) electrons. The third kappa shape index (κ3) is 3.70. The highest BCUT2D eigenvalue weighted by atomic mass is 32.2. The largest absolute Gasteiger partial charge is 0.357 e. The fourth-order valence-electron chi connectivity index (χ4n) is 2.14. The van der Waals surface area contributed by atoms with Crippen LogP contribution in [0.1, 0.15) is 25.5 Å². The lowest BCUT2D eigenvalue weighted by molar-refractivity contribution is 0.949. The molecular formula is C16H16N6S2. The molecular weight excluding hydrogens is 340 g/mol. The van der Waals surface area contributed by atoms with E-state index in [1.807, 2.05) is 18.2 Å². The van der Waals surface area contributed by atoms with Crippen LogP contribution < -0.4 is 5.32 Å². The highest BCUT2D eigenvalue weighted by Gasteiger charge is 2.22. The number of hydrogen-bond acceptors (Lipinski definition) is 8. The Kier molecular flexibility index (Phi) is 4.40. The molecule has 3 aromatic heterocycles. The van der Waals surface area contributed by atoms with Crippen molar-refractivity contribution in [2.24, 2.45) is 0 Å². The number of rotatable bonds is 6. The van der Waals surface area contributed by atoms with Gasteiger partial charge in [-0.15, -0.1) is 10.2 Å². The summed E-state index contributed by atoms with van der Waals surface area (Å²) in [4.78, 5) is 13.3. The van der Waals surface area contributed by atoms with E-state index in [2.05, 4.69) is 37.4 Å². The lowest BCUT2D eigenvalue weighted by Crippen LogP contribution is -1.99. The highest BCUT2D eigenvalue weighted by Crippen LogP contribution is 2.34. The molecule has 0 spiro atoms. The van der Waals surface area contributed by atoms with Crippen LogP contribution in [0.4, 0.5) is 5.13 Å². The van der Waals surface area contributed by atoms with E-state index in [0.29, 0.717) is 6.04 Å². The molecule has 8 heteroatoms. The standard InChI is InChI=1S/C16H16N6S2/c1-2-11-9-13(20-14(18-11)10-5-7-17-8-6-10)23-16-22-21-15(24-16)19-12-3-4-12/h5-9,12H,2-4H2,1H3,(H,19,21). The smallest absolute Gasteiger partial charge is 0.206 e. The van der Waals surface area contributed by atoms with Gasteiger partial charge in [0, 0.05) is 29.7 Å². The SMILES string of the molecule is CCc1cc(Sc2nnc(NC3CC3)s2)nc(-c2ccncc2)n1. The fourth-order valence-corrected chi connectivity index (χ4v) is 3.94. The quantitative estimate of drug-likeness (QED) is 0.675. The Balaban J connectivity index is 1.58. The van der Waals surface area contributed by atoms with Gasteiger partial charge in [0.15, 0.2) is 10.2 Å². The van der Waals surface area contributed by atoms with Crippen LogP contribution in [-0.4, -0.2) is 31.2 Å². The monoisotopic (exact) mass is 356 g/mol. The summed E-state index contributed by atoms with van der Waals surface area (Å²) in [6.07, 6.45) is 6.82. The maximum atomic E-state index is 4.67. The molecule has 0 aromatic carbocycles. The van der Waals surface area contributed by atoms with Gasteiger partial charge in [-0.1, -0.05) is 18.3 Å². The molecule has 24 heavy (non-hydrogen) atoms. The van der Waals surface area contributed by atoms with E-state index >= 15 is 0 Å². The van der Waals surface area contributed by atoms with Gasteiger partial charge in [-0.2, -0.15) is 0 Å². The van der Waals surface area contributed by atoms with Crippen LogP contribution >= 0.6 is 23.1 Å². The summed E-state index contributed by atoms with van der Waals surface area (Å²) < 4.78 is 0.889. The summed E-state index contributed by atoms with van der Waals surface area (Å²) >= 11 is 3.10. The van der Waals surface area contributed by atoms with Crippen LogP contribution in [0, 0.1) is 0 Å². The molecule has 0 unspecified atom stereocenters. The van der Waals surface area contributed by atoms with Gasteiger partial charge in [0.1, 0.15) is 5.03 Å². The second-order valence-corrected chi connectivity index (χ2v) is 7.75. The van der Waals surface area contributed by atoms with Gasteiger partial charge >= 0.3 is 0 Å². The van der Waals surface area contributed by atoms with Crippen LogP contribution in [0.15, 0.2) is 40.0 Å². The zero-order valence-corrected chi connectivity index (χ0v) is 14.8. The van der Waals surface area contributed by atoms with Crippen LogP contribution in [-0.2, 0) is 6.42 Å². The molecule has 1 aliphatic rings. The lowest BCUT2D eigenvalue weighted by Gasteiger charge is -2.05. The minimum atomic E-state index is 0.583. The topological polar surface area (TPSA) is 76.5 Å². The van der Waals surface area contributed by atoms with Crippen LogP contribution in [0.25, 0.3) is 11.4 Å². The molecule has 1 fully saturated rings. The predicted molar refractivity (Wildman–Crippen MR) is 95.3 cm³/mol. The van der Waals surface area contributed by atoms with Gasteiger partial charge in [-0.25, -0.2) is 9.97 Å². The first-order valence-electron chi connectivity index (χ1n) is 7.86. The molecule has 3 heterocycles. The van der Waals surface area contributed by atoms with E-state index in [1.165, 1.54) is 24.6 Å². The number of aromatic nitrogens is 5. The molecule has 1 N–H and O–H groups in total. The Morgan fingerprint density at radius 2 is 2.04 bits per heavy atom. The molecule has 1 saturated carbocycles. The van der Waals surface area contributed by atoms with Gasteiger partial charge in [0.05, 0.1) is 0 Å². The fraction of sp³-hybridized carbons (Fsp3) is 0.312. The first-order valence-corrected chi connectivity index (χ1v) is 9.49. The van der Waals surface area contributed by atoms with Crippen molar-refractivity contribution in [1.29, 1.82) is 0 Å². The molecule has 0 saturated heterocycles. The Labute approximate surface area is 148 Å². The average molecular weight is 356 g/mol. The molecule has 0 atom stereocenters. The number of anilines is 1. The van der Waals surface area contributed by atoms with Gasteiger partial charge in [0.2, 0.25) is 5.13 Å². The normalized spacial score (nSPS) is 13.9. The van der Waals surface area contributed by atoms with Crippen molar-refractivity contribution >= 4 is 28.2 Å². The molecule has 1 aliphatic carbocycles. The summed E-state index contributed by atoms with van der Waals surface area (Å²) in [6.45, 7) is 2.09. The summed E-state index contributed by atoms with van der Waals surface area (Å²) in [5.41, 5.74) is 1.98. The van der Waals surface area contributed by atoms with Gasteiger partial charge < -0.3 is 5.32 Å². The summed E-state index contributed by atoms with van der Waals surface area (Å²) in [5.74, 6) is 0.722. The van der Waals surface area contributed by atoms with E-state index in [4.69, 9.17) is 0 Å². The molecule has 3 aromatic rings. The number of aryl methyl sites for hydroxylation is 1. The molecule has 0 amide bonds. The number of hydrogen-bond donors (Lipinski definition) is 1. The summed E-state index contributed by atoms with van der Waals surface area (Å²) in [6, 6.07) is 6.45. The Hall–Kier alpha value is -2.06. The molecule has 0 bridgehead atoms. The van der Waals surface area contributed by atoms with Crippen molar-refractivity contribution in [2.75, 3.05) is 5.32 Å². The van der Waals surface area contributed by atoms with E-state index in [0.717, 1.165) is 38.0 Å². The number of nitrogens with one attached hydrogen (secondary N) is 1. The average Bonchev–Trinajstić information content (AvgIpc) is 3.33. The minimum absolute atomic E-state index is 0.583. The highest BCUT2D eigenvalue weighted by molar-refractivity contribution is 8.01. The van der Waals surface area contributed by atoms with Crippen molar-refractivity contribution in [3.8, 4) is 11.4 Å². The van der Waals surface area contributed by atoms with E-state index < -0.39 is 0 Å². The second-order valence-electron chi connectivity index (χ2n) is 5.50. The maximum Gasteiger partial charge on any atom is 0.206 e. The van der Waals surface area contributed by atoms with Crippen LogP contribution in [0.3, 0.4) is 0 Å². The van der Waals surface area contributed by atoms with E-state index in [9.17, 15) is 0 Å². The zero-order chi connectivity index (χ0) is 16.4. The third-order valence-electron chi connectivity index (χ3n) is 3.56. The van der Waals surface area contributed by atoms with Crippen molar-refractivity contribution < 1.29 is 0 Å². The first-order chi connectivity index (χ1) is 11.8. The summed E-state index contributed by atoms with van der Waals surface area (Å²) in [7, 11) is 0. The first kappa shape index (κ1) is 15.5. The Bertz CT molecular complexity index is 832. The van der Waals surface area contributed by atoms with Gasteiger partial charge in [0.25, 0.3) is 0 Å². The molecule has 6 nitrogen and oxygen atoms in total. The third-order valence-corrected chi connectivity index (χ3v) is 5.38. The Morgan fingerprint density at radius 1 is 1.21 bits per heavy atom. The molecule has 122 valence electrons. The van der Waals surface area contributed by atoms with Crippen molar-refractivity contribution in [3.63, 3.8) is 0 Å². The lowest BCUT2D eigenvalue weighted by atomic mass is 10.2. The van der Waals surface area contributed by atoms with Crippen molar-refractivity contribution in [3.05, 3.63) is 36.3 Å². The van der Waals surface area contributed by atoms with E-state index in [-0.39, 0.29) is 0 Å². The van der Waals surface area contributed by atoms with Crippen LogP contribution in [0.2, 0.25) is 0 Å². The molecule has 0 aliphatic heterocycles. The maximum absolute atomic E-state index is 4.67. The van der Waals surface area contributed by atoms with Crippen molar-refractivity contribution in [1.82, 2.24) is 25.1 Å². The minimum Gasteiger partial charge on any atom is -0.357 e. The number of pyridine rings is 1. The Morgan fingerprint density at radius 3 is 2.79 bits per heavy atom. The zero-order valence-electron chi connectivity index (χ0n) is 13.1. The second kappa shape index (κ2) is 6.82. The van der Waals surface area contributed by atoms with Crippen LogP contribution in [0.5, 0.6) is 0 Å². The van der Waals surface area contributed by atoms with Gasteiger partial charge in [-0.3, -0.25) is 4.98 Å². The van der Waals surface area contributed by atoms with Gasteiger partial charge in [-0.05, 0) is 49.2 Å². The number of nitrogens with zero attached hydrogens (tertiary/aromatic N) is 5. The van der Waals surface area contributed by atoms with E-state index in [1.54, 1.807) is 23.7 Å².